The molecule has 3 rings (SSSR count). The molecule has 0 saturated carbocycles. The van der Waals surface area contributed by atoms with Gasteiger partial charge in [0.2, 0.25) is 0 Å². The smallest absolute Gasteiger partial charge is 0.332 e. The van der Waals surface area contributed by atoms with E-state index in [0.717, 1.165) is 23.2 Å². The standard InChI is InChI=1S/C22H27N5O3/c1-5-27(6-2)14-18(15-10-8-7-9-11-15)24-20(28)17-13-12-16-19(23-17)25(3)22(30)26(4)21(16)29/h7-13,18H,5-6,14H2,1-4H3,(H,24,28)/t18-/m1/s1. The molecule has 0 spiro atoms. The third-order valence-electron chi connectivity index (χ3n) is 5.38. The van der Waals surface area contributed by atoms with Gasteiger partial charge in [0.25, 0.3) is 11.5 Å². The molecule has 0 aliphatic rings. The van der Waals surface area contributed by atoms with E-state index in [2.05, 4.69) is 29.0 Å². The largest absolute Gasteiger partial charge is 0.343 e. The number of aryl methyl sites for hydroxylation is 1. The number of hydrogen-bond acceptors (Lipinski definition) is 5. The van der Waals surface area contributed by atoms with Gasteiger partial charge in [-0.1, -0.05) is 44.2 Å². The van der Waals surface area contributed by atoms with Gasteiger partial charge in [-0.15, -0.1) is 0 Å². The maximum absolute atomic E-state index is 13.0. The summed E-state index contributed by atoms with van der Waals surface area (Å²) in [6.45, 7) is 6.57. The second-order valence-corrected chi connectivity index (χ2v) is 7.20. The molecule has 0 fully saturated rings. The van der Waals surface area contributed by atoms with Gasteiger partial charge in [-0.25, -0.2) is 9.78 Å². The molecule has 0 unspecified atom stereocenters. The van der Waals surface area contributed by atoms with E-state index in [4.69, 9.17) is 0 Å². The van der Waals surface area contributed by atoms with E-state index < -0.39 is 11.2 Å². The van der Waals surface area contributed by atoms with Gasteiger partial charge >= 0.3 is 5.69 Å². The van der Waals surface area contributed by atoms with Crippen molar-refractivity contribution in [3.05, 3.63) is 74.6 Å². The van der Waals surface area contributed by atoms with Crippen LogP contribution in [0.1, 0.15) is 35.9 Å². The molecule has 30 heavy (non-hydrogen) atoms. The number of nitrogens with one attached hydrogen (secondary N) is 1. The molecular formula is C22H27N5O3. The Labute approximate surface area is 174 Å². The fourth-order valence-electron chi connectivity index (χ4n) is 3.47. The summed E-state index contributed by atoms with van der Waals surface area (Å²) in [4.78, 5) is 44.1. The molecule has 3 aromatic rings. The highest BCUT2D eigenvalue weighted by molar-refractivity contribution is 5.94. The number of aromatic nitrogens is 3. The lowest BCUT2D eigenvalue weighted by molar-refractivity contribution is 0.0920. The SMILES string of the molecule is CCN(CC)C[C@@H](NC(=O)c1ccc2c(=O)n(C)c(=O)n(C)c2n1)c1ccccc1. The fraction of sp³-hybridized carbons (Fsp3) is 0.364. The number of rotatable bonds is 7. The quantitative estimate of drug-likeness (QED) is 0.638. The molecule has 1 atom stereocenters. The Morgan fingerprint density at radius 3 is 2.33 bits per heavy atom. The number of carbonyl (C=O) groups is 1. The van der Waals surface area contributed by atoms with Crippen LogP contribution in [0.25, 0.3) is 11.0 Å². The van der Waals surface area contributed by atoms with Crippen LogP contribution in [-0.2, 0) is 14.1 Å². The molecule has 1 amide bonds. The zero-order valence-corrected chi connectivity index (χ0v) is 17.8. The molecule has 0 bridgehead atoms. The van der Waals surface area contributed by atoms with E-state index in [0.29, 0.717) is 11.9 Å². The molecule has 0 saturated heterocycles. The Morgan fingerprint density at radius 1 is 1.03 bits per heavy atom. The first-order valence-corrected chi connectivity index (χ1v) is 10.0. The number of hydrogen-bond donors (Lipinski definition) is 1. The van der Waals surface area contributed by atoms with Gasteiger partial charge in [0.15, 0.2) is 0 Å². The number of fused-ring (bicyclic) bond motifs is 1. The van der Waals surface area contributed by atoms with Crippen molar-refractivity contribution in [1.82, 2.24) is 24.3 Å². The highest BCUT2D eigenvalue weighted by Gasteiger charge is 2.20. The Balaban J connectivity index is 1.96. The molecule has 0 aliphatic carbocycles. The average molecular weight is 409 g/mol. The van der Waals surface area contributed by atoms with Gasteiger partial charge < -0.3 is 10.2 Å². The van der Waals surface area contributed by atoms with Crippen LogP contribution in [0.2, 0.25) is 0 Å². The van der Waals surface area contributed by atoms with E-state index in [9.17, 15) is 14.4 Å². The van der Waals surface area contributed by atoms with Crippen molar-refractivity contribution in [3.8, 4) is 0 Å². The summed E-state index contributed by atoms with van der Waals surface area (Å²) in [7, 11) is 2.95. The first-order chi connectivity index (χ1) is 14.4. The topological polar surface area (TPSA) is 89.2 Å². The molecule has 8 heteroatoms. The van der Waals surface area contributed by atoms with E-state index in [1.165, 1.54) is 24.7 Å². The summed E-state index contributed by atoms with van der Waals surface area (Å²) in [5.74, 6) is -0.356. The molecule has 2 aromatic heterocycles. The van der Waals surface area contributed by atoms with Crippen LogP contribution in [0.15, 0.2) is 52.1 Å². The molecule has 1 aromatic carbocycles. The summed E-state index contributed by atoms with van der Waals surface area (Å²) in [6.07, 6.45) is 0. The average Bonchev–Trinajstić information content (AvgIpc) is 2.79. The van der Waals surface area contributed by atoms with Crippen LogP contribution < -0.4 is 16.6 Å². The van der Waals surface area contributed by atoms with Crippen molar-refractivity contribution < 1.29 is 4.79 Å². The number of carbonyl (C=O) groups excluding carboxylic acids is 1. The third-order valence-corrected chi connectivity index (χ3v) is 5.38. The first kappa shape index (κ1) is 21.4. The minimum atomic E-state index is -0.485. The van der Waals surface area contributed by atoms with E-state index in [1.54, 1.807) is 6.07 Å². The van der Waals surface area contributed by atoms with Crippen molar-refractivity contribution in [1.29, 1.82) is 0 Å². The third kappa shape index (κ3) is 4.18. The Hall–Kier alpha value is -3.26. The van der Waals surface area contributed by atoms with Crippen molar-refractivity contribution in [2.24, 2.45) is 14.1 Å². The van der Waals surface area contributed by atoms with Gasteiger partial charge in [0.1, 0.15) is 11.3 Å². The highest BCUT2D eigenvalue weighted by Crippen LogP contribution is 2.16. The van der Waals surface area contributed by atoms with Crippen LogP contribution in [0.4, 0.5) is 0 Å². The normalized spacial score (nSPS) is 12.3. The molecule has 0 radical (unpaired) electrons. The van der Waals surface area contributed by atoms with E-state index in [1.807, 2.05) is 30.3 Å². The summed E-state index contributed by atoms with van der Waals surface area (Å²) in [6, 6.07) is 12.6. The van der Waals surface area contributed by atoms with Crippen LogP contribution in [0.5, 0.6) is 0 Å². The summed E-state index contributed by atoms with van der Waals surface area (Å²) >= 11 is 0. The number of likely N-dealkylation sites (N-methyl/N-ethyl adjacent to an activating group) is 1. The molecule has 2 heterocycles. The van der Waals surface area contributed by atoms with Gasteiger partial charge in [0.05, 0.1) is 11.4 Å². The van der Waals surface area contributed by atoms with E-state index in [-0.39, 0.29) is 23.3 Å². The second-order valence-electron chi connectivity index (χ2n) is 7.20. The number of nitrogens with zero attached hydrogens (tertiary/aromatic N) is 4. The lowest BCUT2D eigenvalue weighted by Gasteiger charge is -2.26. The van der Waals surface area contributed by atoms with Crippen LogP contribution in [-0.4, -0.2) is 44.6 Å². The molecular weight excluding hydrogens is 382 g/mol. The van der Waals surface area contributed by atoms with Gasteiger partial charge in [-0.2, -0.15) is 0 Å². The lowest BCUT2D eigenvalue weighted by atomic mass is 10.1. The number of amides is 1. The Kier molecular flexibility index (Phi) is 6.47. The molecule has 0 aliphatic heterocycles. The fourth-order valence-corrected chi connectivity index (χ4v) is 3.47. The van der Waals surface area contributed by atoms with Crippen LogP contribution in [0, 0.1) is 0 Å². The maximum Gasteiger partial charge on any atom is 0.332 e. The minimum absolute atomic E-state index is 0.159. The number of benzene rings is 1. The molecule has 8 nitrogen and oxygen atoms in total. The van der Waals surface area contributed by atoms with Crippen molar-refractivity contribution in [2.75, 3.05) is 19.6 Å². The van der Waals surface area contributed by atoms with Gasteiger partial charge in [-0.05, 0) is 30.8 Å². The minimum Gasteiger partial charge on any atom is -0.343 e. The van der Waals surface area contributed by atoms with E-state index >= 15 is 0 Å². The number of pyridine rings is 1. The highest BCUT2D eigenvalue weighted by atomic mass is 16.2. The summed E-state index contributed by atoms with van der Waals surface area (Å²) in [5, 5.41) is 3.35. The Morgan fingerprint density at radius 2 is 1.70 bits per heavy atom. The van der Waals surface area contributed by atoms with Crippen molar-refractivity contribution in [3.63, 3.8) is 0 Å². The van der Waals surface area contributed by atoms with Crippen molar-refractivity contribution >= 4 is 16.9 Å². The molecule has 158 valence electrons. The van der Waals surface area contributed by atoms with Gasteiger partial charge in [0, 0.05) is 20.6 Å². The Bertz CT molecular complexity index is 1160. The summed E-state index contributed by atoms with van der Waals surface area (Å²) < 4.78 is 2.30. The first-order valence-electron chi connectivity index (χ1n) is 10.0. The monoisotopic (exact) mass is 409 g/mol. The summed E-state index contributed by atoms with van der Waals surface area (Å²) in [5.41, 5.74) is 0.430. The lowest BCUT2D eigenvalue weighted by Crippen LogP contribution is -2.39. The predicted molar refractivity (Wildman–Crippen MR) is 117 cm³/mol. The van der Waals surface area contributed by atoms with Crippen molar-refractivity contribution in [2.45, 2.75) is 19.9 Å². The van der Waals surface area contributed by atoms with Crippen LogP contribution in [0.3, 0.4) is 0 Å². The predicted octanol–water partition coefficient (Wildman–Crippen LogP) is 1.45. The van der Waals surface area contributed by atoms with Gasteiger partial charge in [-0.3, -0.25) is 18.7 Å². The zero-order chi connectivity index (χ0) is 21.8. The van der Waals surface area contributed by atoms with Crippen LogP contribution >= 0.6 is 0 Å². The molecule has 1 N–H and O–H groups in total. The second kappa shape index (κ2) is 9.04. The maximum atomic E-state index is 13.0. The zero-order valence-electron chi connectivity index (χ0n) is 17.8.